The Morgan fingerprint density at radius 3 is 2.72 bits per heavy atom. The molecule has 0 aromatic heterocycles. The maximum atomic E-state index is 11.6. The first-order chi connectivity index (χ1) is 8.65. The van der Waals surface area contributed by atoms with Gasteiger partial charge in [0.15, 0.2) is 6.61 Å². The van der Waals surface area contributed by atoms with E-state index in [4.69, 9.17) is 22.8 Å². The fourth-order valence-electron chi connectivity index (χ4n) is 1.40. The Morgan fingerprint density at radius 1 is 1.50 bits per heavy atom. The lowest BCUT2D eigenvalue weighted by Crippen LogP contribution is -2.36. The van der Waals surface area contributed by atoms with Gasteiger partial charge in [-0.05, 0) is 30.7 Å². The maximum absolute atomic E-state index is 11.6. The molecule has 4 heteroatoms. The van der Waals surface area contributed by atoms with Crippen molar-refractivity contribution >= 4 is 17.5 Å². The molecule has 0 saturated carbocycles. The van der Waals surface area contributed by atoms with Gasteiger partial charge in [0.1, 0.15) is 5.75 Å². The van der Waals surface area contributed by atoms with E-state index in [2.05, 4.69) is 11.2 Å². The van der Waals surface area contributed by atoms with Crippen LogP contribution >= 0.6 is 11.6 Å². The Morgan fingerprint density at radius 2 is 2.17 bits per heavy atom. The molecule has 96 valence electrons. The number of rotatable bonds is 6. The van der Waals surface area contributed by atoms with Crippen LogP contribution in [0.25, 0.3) is 0 Å². The molecule has 0 saturated heterocycles. The number of carbonyl (C=O) groups excluding carboxylic acids is 1. The highest BCUT2D eigenvalue weighted by Crippen LogP contribution is 2.15. The van der Waals surface area contributed by atoms with Gasteiger partial charge in [0.2, 0.25) is 0 Å². The smallest absolute Gasteiger partial charge is 0.258 e. The van der Waals surface area contributed by atoms with Gasteiger partial charge < -0.3 is 10.1 Å². The van der Waals surface area contributed by atoms with Crippen LogP contribution in [-0.2, 0) is 4.79 Å². The molecule has 1 unspecified atom stereocenters. The molecule has 3 nitrogen and oxygen atoms in total. The Labute approximate surface area is 112 Å². The van der Waals surface area contributed by atoms with Gasteiger partial charge in [-0.2, -0.15) is 0 Å². The summed E-state index contributed by atoms with van der Waals surface area (Å²) in [7, 11) is 0. The third-order valence-corrected chi connectivity index (χ3v) is 2.55. The first kappa shape index (κ1) is 14.4. The maximum Gasteiger partial charge on any atom is 0.258 e. The molecule has 0 fully saturated rings. The second kappa shape index (κ2) is 7.62. The molecule has 0 bridgehead atoms. The second-order valence-electron chi connectivity index (χ2n) is 3.82. The average Bonchev–Trinajstić information content (AvgIpc) is 2.37. The van der Waals surface area contributed by atoms with Crippen LogP contribution in [0.1, 0.15) is 19.8 Å². The molecule has 0 radical (unpaired) electrons. The molecule has 0 aliphatic carbocycles. The second-order valence-corrected chi connectivity index (χ2v) is 4.25. The van der Waals surface area contributed by atoms with E-state index < -0.39 is 0 Å². The zero-order valence-corrected chi connectivity index (χ0v) is 11.0. The monoisotopic (exact) mass is 265 g/mol. The molecule has 1 rings (SSSR count). The van der Waals surface area contributed by atoms with E-state index in [9.17, 15) is 4.79 Å². The average molecular weight is 266 g/mol. The van der Waals surface area contributed by atoms with Gasteiger partial charge in [-0.25, -0.2) is 0 Å². The molecule has 1 aromatic carbocycles. The largest absolute Gasteiger partial charge is 0.484 e. The minimum Gasteiger partial charge on any atom is -0.484 e. The van der Waals surface area contributed by atoms with Crippen molar-refractivity contribution in [2.75, 3.05) is 6.61 Å². The summed E-state index contributed by atoms with van der Waals surface area (Å²) in [4.78, 5) is 11.6. The van der Waals surface area contributed by atoms with Crippen molar-refractivity contribution in [3.63, 3.8) is 0 Å². The third kappa shape index (κ3) is 5.11. The van der Waals surface area contributed by atoms with Crippen molar-refractivity contribution in [1.29, 1.82) is 0 Å². The van der Waals surface area contributed by atoms with E-state index in [1.54, 1.807) is 24.3 Å². The van der Waals surface area contributed by atoms with Gasteiger partial charge in [-0.15, -0.1) is 6.42 Å². The van der Waals surface area contributed by atoms with Gasteiger partial charge in [-0.3, -0.25) is 4.79 Å². The summed E-state index contributed by atoms with van der Waals surface area (Å²) in [5.74, 6) is 2.91. The van der Waals surface area contributed by atoms with E-state index in [1.807, 2.05) is 6.92 Å². The predicted molar refractivity (Wildman–Crippen MR) is 72.6 cm³/mol. The summed E-state index contributed by atoms with van der Waals surface area (Å²) in [6.45, 7) is 1.96. The van der Waals surface area contributed by atoms with Crippen molar-refractivity contribution in [2.24, 2.45) is 0 Å². The molecule has 1 atom stereocenters. The first-order valence-electron chi connectivity index (χ1n) is 5.79. The molecular formula is C14H16ClNO2. The van der Waals surface area contributed by atoms with E-state index in [-0.39, 0.29) is 18.6 Å². The minimum absolute atomic E-state index is 0.0521. The Kier molecular flexibility index (Phi) is 6.10. The van der Waals surface area contributed by atoms with Crippen LogP contribution in [0.3, 0.4) is 0 Å². The molecule has 0 aliphatic heterocycles. The normalized spacial score (nSPS) is 11.4. The molecule has 1 N–H and O–H groups in total. The Hall–Kier alpha value is -1.66. The number of halogens is 1. The van der Waals surface area contributed by atoms with E-state index >= 15 is 0 Å². The van der Waals surface area contributed by atoms with Crippen molar-refractivity contribution < 1.29 is 9.53 Å². The van der Waals surface area contributed by atoms with Crippen molar-refractivity contribution in [3.05, 3.63) is 29.3 Å². The molecule has 0 spiro atoms. The number of terminal acetylenes is 1. The highest BCUT2D eigenvalue weighted by Gasteiger charge is 2.08. The van der Waals surface area contributed by atoms with Gasteiger partial charge >= 0.3 is 0 Å². The zero-order chi connectivity index (χ0) is 13.4. The minimum atomic E-state index is -0.226. The van der Waals surface area contributed by atoms with Crippen LogP contribution in [0.15, 0.2) is 24.3 Å². The summed E-state index contributed by atoms with van der Waals surface area (Å²) in [5, 5.41) is 3.35. The standard InChI is InChI=1S/C14H16ClNO2/c1-3-5-12(4-2)16-14(17)10-18-13-8-6-11(15)7-9-13/h2,6-9,12H,3,5,10H2,1H3,(H,16,17). The van der Waals surface area contributed by atoms with Crippen molar-refractivity contribution in [3.8, 4) is 18.1 Å². The van der Waals surface area contributed by atoms with E-state index in [0.717, 1.165) is 12.8 Å². The van der Waals surface area contributed by atoms with Gasteiger partial charge in [0, 0.05) is 5.02 Å². The molecule has 1 aromatic rings. The SMILES string of the molecule is C#CC(CCC)NC(=O)COc1ccc(Cl)cc1. The number of nitrogens with one attached hydrogen (secondary N) is 1. The van der Waals surface area contributed by atoms with Gasteiger partial charge in [0.05, 0.1) is 6.04 Å². The first-order valence-corrected chi connectivity index (χ1v) is 6.17. The number of hydrogen-bond acceptors (Lipinski definition) is 2. The van der Waals surface area contributed by atoms with Crippen LogP contribution in [0.5, 0.6) is 5.75 Å². The summed E-state index contributed by atoms with van der Waals surface area (Å²) in [6, 6.07) is 6.60. The molecule has 0 aliphatic rings. The molecular weight excluding hydrogens is 250 g/mol. The van der Waals surface area contributed by atoms with E-state index in [1.165, 1.54) is 0 Å². The number of ether oxygens (including phenoxy) is 1. The van der Waals surface area contributed by atoms with Crippen LogP contribution in [0.2, 0.25) is 5.02 Å². The number of amides is 1. The fraction of sp³-hybridized carbons (Fsp3) is 0.357. The zero-order valence-electron chi connectivity index (χ0n) is 10.3. The highest BCUT2D eigenvalue weighted by atomic mass is 35.5. The van der Waals surface area contributed by atoms with Crippen LogP contribution < -0.4 is 10.1 Å². The highest BCUT2D eigenvalue weighted by molar-refractivity contribution is 6.30. The van der Waals surface area contributed by atoms with Crippen LogP contribution in [0, 0.1) is 12.3 Å². The van der Waals surface area contributed by atoms with Crippen LogP contribution in [-0.4, -0.2) is 18.6 Å². The predicted octanol–water partition coefficient (Wildman–Crippen LogP) is 2.64. The summed E-state index contributed by atoms with van der Waals surface area (Å²) in [6.07, 6.45) is 7.00. The molecule has 18 heavy (non-hydrogen) atoms. The lowest BCUT2D eigenvalue weighted by molar-refractivity contribution is -0.123. The van der Waals surface area contributed by atoms with Crippen molar-refractivity contribution in [1.82, 2.24) is 5.32 Å². The topological polar surface area (TPSA) is 38.3 Å². The number of benzene rings is 1. The van der Waals surface area contributed by atoms with Gasteiger partial charge in [0.25, 0.3) is 5.91 Å². The van der Waals surface area contributed by atoms with Crippen LogP contribution in [0.4, 0.5) is 0 Å². The quantitative estimate of drug-likeness (QED) is 0.803. The molecule has 0 heterocycles. The third-order valence-electron chi connectivity index (χ3n) is 2.30. The summed E-state index contributed by atoms with van der Waals surface area (Å²) < 4.78 is 5.31. The summed E-state index contributed by atoms with van der Waals surface area (Å²) in [5.41, 5.74) is 0. The summed E-state index contributed by atoms with van der Waals surface area (Å²) >= 11 is 5.74. The fourth-order valence-corrected chi connectivity index (χ4v) is 1.53. The molecule has 1 amide bonds. The lowest BCUT2D eigenvalue weighted by Gasteiger charge is -2.12. The van der Waals surface area contributed by atoms with Crippen molar-refractivity contribution in [2.45, 2.75) is 25.8 Å². The lowest BCUT2D eigenvalue weighted by atomic mass is 10.2. The Balaban J connectivity index is 2.37. The van der Waals surface area contributed by atoms with E-state index in [0.29, 0.717) is 10.8 Å². The number of hydrogen-bond donors (Lipinski definition) is 1. The Bertz CT molecular complexity index is 422. The number of carbonyl (C=O) groups is 1. The van der Waals surface area contributed by atoms with Gasteiger partial charge in [-0.1, -0.05) is 30.9 Å².